The number of carbonyl (C=O) groups is 1. The minimum Gasteiger partial charge on any atom is -0.507 e. The number of phenolic OH excluding ortho intramolecular Hbond substituents is 2. The first-order valence-electron chi connectivity index (χ1n) is 10.9. The fourth-order valence-corrected chi connectivity index (χ4v) is 3.51. The van der Waals surface area contributed by atoms with Crippen molar-refractivity contribution in [2.75, 3.05) is 39.4 Å². The molecule has 1 aliphatic rings. The summed E-state index contributed by atoms with van der Waals surface area (Å²) in [6.45, 7) is 5.30. The van der Waals surface area contributed by atoms with Gasteiger partial charge in [-0.3, -0.25) is 29.7 Å². The van der Waals surface area contributed by atoms with Crippen LogP contribution in [-0.4, -0.2) is 90.4 Å². The highest BCUT2D eigenvalue weighted by molar-refractivity contribution is 5.93. The molecule has 2 aromatic carbocycles. The maximum Gasteiger partial charge on any atom is 0.317 e. The van der Waals surface area contributed by atoms with Gasteiger partial charge in [-0.1, -0.05) is 0 Å². The molecule has 0 fully saturated rings. The molecule has 2 aromatic rings. The molecular weight excluding hydrogens is 434 g/mol. The number of hydrogen-bond donors (Lipinski definition) is 3. The first kappa shape index (κ1) is 24.8. The molecule has 0 unspecified atom stereocenters. The van der Waals surface area contributed by atoms with Crippen LogP contribution in [0.5, 0.6) is 11.5 Å². The zero-order valence-electron chi connectivity index (χ0n) is 19.3. The summed E-state index contributed by atoms with van der Waals surface area (Å²) in [5.74, 6) is -0.825. The number of hydrogen-bond acceptors (Lipinski definition) is 8. The second kappa shape index (κ2) is 11.9. The highest BCUT2D eigenvalue weighted by atomic mass is 16.4. The number of aryl methyl sites for hydroxylation is 2. The van der Waals surface area contributed by atoms with Crippen LogP contribution in [0.4, 0.5) is 0 Å². The Morgan fingerprint density at radius 1 is 0.765 bits per heavy atom. The zero-order valence-corrected chi connectivity index (χ0v) is 19.3. The van der Waals surface area contributed by atoms with Crippen LogP contribution in [0.3, 0.4) is 0 Å². The summed E-state index contributed by atoms with van der Waals surface area (Å²) in [6.07, 6.45) is 6.33. The summed E-state index contributed by atoms with van der Waals surface area (Å²) in [5, 5.41) is 30.4. The van der Waals surface area contributed by atoms with Crippen molar-refractivity contribution in [3.63, 3.8) is 0 Å². The van der Waals surface area contributed by atoms with Gasteiger partial charge in [0.2, 0.25) is 0 Å². The molecular formula is C25H29N5O4. The van der Waals surface area contributed by atoms with Gasteiger partial charge >= 0.3 is 5.97 Å². The van der Waals surface area contributed by atoms with Gasteiger partial charge in [-0.2, -0.15) is 0 Å². The van der Waals surface area contributed by atoms with Crippen LogP contribution >= 0.6 is 0 Å². The van der Waals surface area contributed by atoms with Crippen molar-refractivity contribution in [2.24, 2.45) is 20.0 Å². The number of aromatic hydroxyl groups is 2. The Morgan fingerprint density at radius 3 is 1.62 bits per heavy atom. The van der Waals surface area contributed by atoms with E-state index >= 15 is 0 Å². The lowest BCUT2D eigenvalue weighted by atomic mass is 10.1. The number of benzene rings is 2. The highest BCUT2D eigenvalue weighted by Crippen LogP contribution is 2.23. The normalized spacial score (nSPS) is 16.3. The summed E-state index contributed by atoms with van der Waals surface area (Å²) in [5.41, 5.74) is 4.14. The highest BCUT2D eigenvalue weighted by Gasteiger charge is 2.10. The van der Waals surface area contributed by atoms with Crippen molar-refractivity contribution in [3.8, 4) is 11.5 Å². The Labute approximate surface area is 198 Å². The van der Waals surface area contributed by atoms with Crippen molar-refractivity contribution in [1.82, 2.24) is 4.90 Å². The van der Waals surface area contributed by atoms with E-state index in [1.165, 1.54) is 6.21 Å². The van der Waals surface area contributed by atoms with E-state index in [0.717, 1.165) is 11.1 Å². The molecule has 1 heterocycles. The predicted octanol–water partition coefficient (Wildman–Crippen LogP) is 2.45. The van der Waals surface area contributed by atoms with Crippen LogP contribution in [-0.2, 0) is 4.79 Å². The first-order valence-corrected chi connectivity index (χ1v) is 10.9. The number of carboxylic acids is 1. The molecule has 4 bridgehead atoms. The molecule has 178 valence electrons. The summed E-state index contributed by atoms with van der Waals surface area (Å²) < 4.78 is 0. The molecule has 9 heteroatoms. The van der Waals surface area contributed by atoms with Crippen LogP contribution in [0.1, 0.15) is 33.4 Å². The molecule has 1 aliphatic heterocycles. The minimum atomic E-state index is -0.967. The van der Waals surface area contributed by atoms with E-state index in [-0.39, 0.29) is 24.7 Å². The second-order valence-electron chi connectivity index (χ2n) is 8.09. The zero-order chi connectivity index (χ0) is 24.5. The van der Waals surface area contributed by atoms with Crippen LogP contribution in [0.2, 0.25) is 0 Å². The standard InChI is InChI=1S/C25H29N5O4/c1-17-7-19-11-26-3-4-27-12-20-8-18(2)10-22(25(20)34)14-29-16-30(15-23(31)32)6-5-28-13-21(9-17)24(19)33/h7-14,33-34H,3-6,15-16H2,1-2H3,(H,31,32)/b26-11?,27-12?,28-13?,29-14+. The van der Waals surface area contributed by atoms with Crippen molar-refractivity contribution in [2.45, 2.75) is 13.8 Å². The maximum absolute atomic E-state index is 11.3. The van der Waals surface area contributed by atoms with E-state index in [1.54, 1.807) is 29.6 Å². The topological polar surface area (TPSA) is 130 Å². The molecule has 3 rings (SSSR count). The number of aliphatic carboxylic acids is 1. The Hall–Kier alpha value is -3.85. The largest absolute Gasteiger partial charge is 0.507 e. The third kappa shape index (κ3) is 7.08. The van der Waals surface area contributed by atoms with Crippen molar-refractivity contribution in [1.29, 1.82) is 0 Å². The summed E-state index contributed by atoms with van der Waals surface area (Å²) in [7, 11) is 0. The molecule has 0 saturated heterocycles. The average molecular weight is 464 g/mol. The molecule has 0 aliphatic carbocycles. The number of rotatable bonds is 2. The Morgan fingerprint density at radius 2 is 1.18 bits per heavy atom. The van der Waals surface area contributed by atoms with Gasteiger partial charge in [-0.15, -0.1) is 0 Å². The second-order valence-corrected chi connectivity index (χ2v) is 8.09. The molecule has 3 N–H and O–H groups in total. The fraction of sp³-hybridized carbons (Fsp3) is 0.320. The van der Waals surface area contributed by atoms with Crippen LogP contribution in [0.15, 0.2) is 44.2 Å². The molecule has 0 atom stereocenters. The number of aliphatic imine (C=N–C) groups is 4. The lowest BCUT2D eigenvalue weighted by Gasteiger charge is -2.16. The maximum atomic E-state index is 11.3. The van der Waals surface area contributed by atoms with E-state index in [1.807, 2.05) is 32.0 Å². The van der Waals surface area contributed by atoms with Gasteiger partial charge in [0.1, 0.15) is 11.5 Å². The van der Waals surface area contributed by atoms with Crippen molar-refractivity contribution in [3.05, 3.63) is 57.6 Å². The fourth-order valence-electron chi connectivity index (χ4n) is 3.51. The average Bonchev–Trinajstić information content (AvgIpc) is 2.77. The van der Waals surface area contributed by atoms with Crippen molar-refractivity contribution >= 4 is 30.8 Å². The monoisotopic (exact) mass is 463 g/mol. The first-order chi connectivity index (χ1) is 16.3. The van der Waals surface area contributed by atoms with Gasteiger partial charge in [0.25, 0.3) is 0 Å². The third-order valence-corrected chi connectivity index (χ3v) is 5.09. The minimum absolute atomic E-state index is 0.0580. The lowest BCUT2D eigenvalue weighted by Crippen LogP contribution is -2.32. The summed E-state index contributed by atoms with van der Waals surface area (Å²) >= 11 is 0. The Balaban J connectivity index is 1.93. The Kier molecular flexibility index (Phi) is 8.64. The smallest absolute Gasteiger partial charge is 0.317 e. The number of nitrogens with zero attached hydrogens (tertiary/aromatic N) is 5. The molecule has 9 nitrogen and oxygen atoms in total. The molecule has 0 amide bonds. The lowest BCUT2D eigenvalue weighted by molar-refractivity contribution is -0.138. The predicted molar refractivity (Wildman–Crippen MR) is 135 cm³/mol. The van der Waals surface area contributed by atoms with Crippen LogP contribution in [0, 0.1) is 13.8 Å². The van der Waals surface area contributed by atoms with E-state index in [9.17, 15) is 20.1 Å². The van der Waals surface area contributed by atoms with Gasteiger partial charge in [0.05, 0.1) is 32.8 Å². The van der Waals surface area contributed by atoms with Gasteiger partial charge in [-0.25, -0.2) is 0 Å². The third-order valence-electron chi connectivity index (χ3n) is 5.09. The van der Waals surface area contributed by atoms with Gasteiger partial charge in [0, 0.05) is 53.7 Å². The molecule has 0 aromatic heterocycles. The number of phenols is 2. The summed E-state index contributed by atoms with van der Waals surface area (Å²) in [4.78, 5) is 30.3. The van der Waals surface area contributed by atoms with Gasteiger partial charge in [0.15, 0.2) is 0 Å². The van der Waals surface area contributed by atoms with E-state index in [0.29, 0.717) is 48.4 Å². The summed E-state index contributed by atoms with van der Waals surface area (Å²) in [6, 6.07) is 7.30. The molecule has 0 radical (unpaired) electrons. The molecule has 0 saturated carbocycles. The van der Waals surface area contributed by atoms with E-state index in [4.69, 9.17) is 0 Å². The molecule has 34 heavy (non-hydrogen) atoms. The van der Waals surface area contributed by atoms with Crippen molar-refractivity contribution < 1.29 is 20.1 Å². The number of carboxylic acid groups (broad SMARTS) is 1. The number of fused-ring (bicyclic) bond motifs is 4. The van der Waals surface area contributed by atoms with E-state index in [2.05, 4.69) is 20.0 Å². The SMILES string of the molecule is Cc1cc2c(O)c(c1)C=NCCN(CC(=O)O)C/N=C/c1cc(C)cc(c1O)C=NCCN=C2. The Bertz CT molecular complexity index is 1150. The molecule has 0 spiro atoms. The van der Waals surface area contributed by atoms with Gasteiger partial charge < -0.3 is 15.3 Å². The quantitative estimate of drug-likeness (QED) is 0.630. The van der Waals surface area contributed by atoms with Gasteiger partial charge in [-0.05, 0) is 49.2 Å². The van der Waals surface area contributed by atoms with Crippen LogP contribution < -0.4 is 0 Å². The van der Waals surface area contributed by atoms with Crippen LogP contribution in [0.25, 0.3) is 0 Å². The van der Waals surface area contributed by atoms with E-state index < -0.39 is 5.97 Å².